The van der Waals surface area contributed by atoms with Crippen molar-refractivity contribution < 1.29 is 22.7 Å². The van der Waals surface area contributed by atoms with Crippen LogP contribution in [0.4, 0.5) is 0 Å². The molecule has 0 aromatic heterocycles. The lowest BCUT2D eigenvalue weighted by Gasteiger charge is -2.20. The molecule has 0 saturated heterocycles. The summed E-state index contributed by atoms with van der Waals surface area (Å²) in [4.78, 5) is 24.6. The molecule has 0 spiro atoms. The predicted molar refractivity (Wildman–Crippen MR) is 117 cm³/mol. The molecule has 7 nitrogen and oxygen atoms in total. The van der Waals surface area contributed by atoms with Gasteiger partial charge in [0.15, 0.2) is 0 Å². The highest BCUT2D eigenvalue weighted by molar-refractivity contribution is 9.10. The third-order valence-corrected chi connectivity index (χ3v) is 6.29. The highest BCUT2D eigenvalue weighted by atomic mass is 79.9. The number of carbonyl (C=O) groups is 2. The van der Waals surface area contributed by atoms with E-state index < -0.39 is 33.5 Å². The molecule has 162 valence electrons. The number of benzene rings is 2. The highest BCUT2D eigenvalue weighted by Crippen LogP contribution is 2.22. The van der Waals surface area contributed by atoms with Crippen LogP contribution in [0, 0.1) is 0 Å². The van der Waals surface area contributed by atoms with Crippen molar-refractivity contribution in [2.24, 2.45) is 0 Å². The summed E-state index contributed by atoms with van der Waals surface area (Å²) >= 11 is 3.38. The summed E-state index contributed by atoms with van der Waals surface area (Å²) in [6.07, 6.45) is -0.0410. The van der Waals surface area contributed by atoms with Crippen molar-refractivity contribution in [2.75, 3.05) is 7.11 Å². The molecule has 9 heteroatoms. The molecule has 0 radical (unpaired) electrons. The van der Waals surface area contributed by atoms with Gasteiger partial charge in [-0.3, -0.25) is 9.59 Å². The minimum atomic E-state index is -3.70. The molecule has 2 N–H and O–H groups in total. The van der Waals surface area contributed by atoms with Gasteiger partial charge in [-0.1, -0.05) is 28.1 Å². The van der Waals surface area contributed by atoms with E-state index in [9.17, 15) is 18.0 Å². The van der Waals surface area contributed by atoms with Crippen molar-refractivity contribution in [2.45, 2.75) is 43.7 Å². The Balaban J connectivity index is 2.22. The van der Waals surface area contributed by atoms with Crippen LogP contribution in [0.5, 0.6) is 0 Å². The first-order valence-corrected chi connectivity index (χ1v) is 11.5. The average molecular weight is 497 g/mol. The summed E-state index contributed by atoms with van der Waals surface area (Å²) in [6.45, 7) is 5.24. The van der Waals surface area contributed by atoms with Gasteiger partial charge in [0.1, 0.15) is 0 Å². The molecule has 2 rings (SSSR count). The lowest BCUT2D eigenvalue weighted by molar-refractivity contribution is -0.141. The summed E-state index contributed by atoms with van der Waals surface area (Å²) in [6, 6.07) is 12.3. The van der Waals surface area contributed by atoms with Gasteiger partial charge < -0.3 is 10.1 Å². The van der Waals surface area contributed by atoms with Gasteiger partial charge in [-0.15, -0.1) is 0 Å². The molecular weight excluding hydrogens is 472 g/mol. The topological polar surface area (TPSA) is 102 Å². The molecule has 1 unspecified atom stereocenters. The van der Waals surface area contributed by atoms with Gasteiger partial charge in [-0.2, -0.15) is 0 Å². The normalized spacial score (nSPS) is 12.8. The predicted octanol–water partition coefficient (Wildman–Crippen LogP) is 3.56. The monoisotopic (exact) mass is 496 g/mol. The number of nitrogens with one attached hydrogen (secondary N) is 2. The van der Waals surface area contributed by atoms with Gasteiger partial charge >= 0.3 is 5.97 Å². The van der Waals surface area contributed by atoms with Gasteiger partial charge in [-0.25, -0.2) is 13.1 Å². The van der Waals surface area contributed by atoms with Crippen LogP contribution < -0.4 is 10.0 Å². The molecule has 0 saturated carbocycles. The lowest BCUT2D eigenvalue weighted by atomic mass is 10.0. The molecule has 0 bridgehead atoms. The van der Waals surface area contributed by atoms with Gasteiger partial charge in [-0.05, 0) is 62.7 Å². The maximum Gasteiger partial charge on any atom is 0.307 e. The van der Waals surface area contributed by atoms with E-state index in [1.165, 1.54) is 31.4 Å². The largest absolute Gasteiger partial charge is 0.469 e. The Labute approximate surface area is 185 Å². The summed E-state index contributed by atoms with van der Waals surface area (Å²) < 4.78 is 32.9. The zero-order valence-corrected chi connectivity index (χ0v) is 19.6. The van der Waals surface area contributed by atoms with E-state index in [0.717, 1.165) is 10.0 Å². The smallest absolute Gasteiger partial charge is 0.307 e. The van der Waals surface area contributed by atoms with E-state index in [4.69, 9.17) is 4.74 Å². The Morgan fingerprint density at radius 3 is 2.27 bits per heavy atom. The molecule has 0 fully saturated rings. The van der Waals surface area contributed by atoms with Crippen molar-refractivity contribution in [1.82, 2.24) is 10.0 Å². The van der Waals surface area contributed by atoms with E-state index in [1.807, 2.05) is 12.1 Å². The maximum atomic E-state index is 12.7. The highest BCUT2D eigenvalue weighted by Gasteiger charge is 2.23. The van der Waals surface area contributed by atoms with E-state index >= 15 is 0 Å². The van der Waals surface area contributed by atoms with Crippen LogP contribution in [0.2, 0.25) is 0 Å². The first-order valence-electron chi connectivity index (χ1n) is 9.18. The number of halogens is 1. The quantitative estimate of drug-likeness (QED) is 0.570. The fourth-order valence-corrected chi connectivity index (χ4v) is 4.55. The van der Waals surface area contributed by atoms with Gasteiger partial charge in [0.2, 0.25) is 10.0 Å². The van der Waals surface area contributed by atoms with Gasteiger partial charge in [0.25, 0.3) is 5.91 Å². The van der Waals surface area contributed by atoms with Crippen molar-refractivity contribution in [3.05, 3.63) is 64.1 Å². The zero-order valence-electron chi connectivity index (χ0n) is 17.2. The van der Waals surface area contributed by atoms with Crippen LogP contribution in [0.1, 0.15) is 49.2 Å². The SMILES string of the molecule is COC(=O)CC(NC(=O)c1ccc(S(=O)(=O)NC(C)(C)C)cc1)c1cccc(Br)c1. The molecule has 2 aromatic rings. The van der Waals surface area contributed by atoms with Gasteiger partial charge in [0, 0.05) is 15.6 Å². The molecule has 0 heterocycles. The second-order valence-electron chi connectivity index (χ2n) is 7.74. The second-order valence-corrected chi connectivity index (χ2v) is 10.3. The Kier molecular flexibility index (Phi) is 7.79. The Morgan fingerprint density at radius 1 is 1.10 bits per heavy atom. The number of methoxy groups -OCH3 is 1. The molecule has 0 aliphatic rings. The second kappa shape index (κ2) is 9.72. The molecule has 0 aliphatic heterocycles. The fraction of sp³-hybridized carbons (Fsp3) is 0.333. The van der Waals surface area contributed by atoms with Crippen LogP contribution in [-0.2, 0) is 19.6 Å². The number of sulfonamides is 1. The Morgan fingerprint density at radius 2 is 1.73 bits per heavy atom. The lowest BCUT2D eigenvalue weighted by Crippen LogP contribution is -2.40. The van der Waals surface area contributed by atoms with E-state index in [1.54, 1.807) is 32.9 Å². The fourth-order valence-electron chi connectivity index (χ4n) is 2.71. The summed E-state index contributed by atoms with van der Waals surface area (Å²) in [7, 11) is -2.41. The number of esters is 1. The third-order valence-electron chi connectivity index (χ3n) is 4.02. The molecule has 1 atom stereocenters. The Bertz CT molecular complexity index is 1010. The number of ether oxygens (including phenoxy) is 1. The summed E-state index contributed by atoms with van der Waals surface area (Å²) in [5, 5.41) is 2.81. The Hall–Kier alpha value is -2.23. The van der Waals surface area contributed by atoms with Crippen LogP contribution >= 0.6 is 15.9 Å². The van der Waals surface area contributed by atoms with Crippen LogP contribution in [-0.4, -0.2) is 32.9 Å². The van der Waals surface area contributed by atoms with Crippen LogP contribution in [0.15, 0.2) is 57.9 Å². The van der Waals surface area contributed by atoms with Crippen LogP contribution in [0.25, 0.3) is 0 Å². The van der Waals surface area contributed by atoms with Crippen LogP contribution in [0.3, 0.4) is 0 Å². The summed E-state index contributed by atoms with van der Waals surface area (Å²) in [5.74, 6) is -0.897. The minimum Gasteiger partial charge on any atom is -0.469 e. The summed E-state index contributed by atoms with van der Waals surface area (Å²) in [5.41, 5.74) is 0.381. The van der Waals surface area contributed by atoms with E-state index in [-0.39, 0.29) is 16.9 Å². The number of hydrogen-bond acceptors (Lipinski definition) is 5. The molecule has 30 heavy (non-hydrogen) atoms. The first-order chi connectivity index (χ1) is 13.9. The molecule has 2 aromatic carbocycles. The number of rotatable bonds is 7. The minimum absolute atomic E-state index is 0.0410. The number of carbonyl (C=O) groups excluding carboxylic acids is 2. The zero-order chi connectivity index (χ0) is 22.5. The van der Waals surface area contributed by atoms with Crippen molar-refractivity contribution in [1.29, 1.82) is 0 Å². The van der Waals surface area contributed by atoms with E-state index in [2.05, 4.69) is 26.0 Å². The van der Waals surface area contributed by atoms with Crippen molar-refractivity contribution >= 4 is 37.8 Å². The maximum absolute atomic E-state index is 12.7. The van der Waals surface area contributed by atoms with Gasteiger partial charge in [0.05, 0.1) is 24.5 Å². The first kappa shape index (κ1) is 24.0. The van der Waals surface area contributed by atoms with Crippen molar-refractivity contribution in [3.8, 4) is 0 Å². The molecule has 1 amide bonds. The van der Waals surface area contributed by atoms with E-state index in [0.29, 0.717) is 0 Å². The molecule has 0 aliphatic carbocycles. The molecular formula is C21H25BrN2O5S. The number of hydrogen-bond donors (Lipinski definition) is 2. The van der Waals surface area contributed by atoms with Crippen molar-refractivity contribution in [3.63, 3.8) is 0 Å². The average Bonchev–Trinajstić information content (AvgIpc) is 2.65. The standard InChI is InChI=1S/C21H25BrN2O5S/c1-21(2,3)24-30(27,28)17-10-8-14(9-11-17)20(26)23-18(13-19(25)29-4)15-6-5-7-16(22)12-15/h5-12,18,24H,13H2,1-4H3,(H,23,26). The third kappa shape index (κ3) is 6.93. The number of amides is 1.